The van der Waals surface area contributed by atoms with Gasteiger partial charge in [-0.25, -0.2) is 22.5 Å². The smallest absolute Gasteiger partial charge is 0.241 e. The lowest BCUT2D eigenvalue weighted by Crippen LogP contribution is -2.37. The third-order valence-electron chi connectivity index (χ3n) is 5.36. The van der Waals surface area contributed by atoms with E-state index in [0.29, 0.717) is 22.4 Å². The van der Waals surface area contributed by atoms with Gasteiger partial charge in [-0.05, 0) is 36.2 Å². The number of benzene rings is 3. The van der Waals surface area contributed by atoms with Crippen molar-refractivity contribution in [1.82, 2.24) is 14.7 Å². The molecule has 0 aliphatic rings. The van der Waals surface area contributed by atoms with E-state index in [4.69, 9.17) is 5.73 Å². The SMILES string of the molecule is CC(NS(=O)(=O)c1ccccc1-c1ccc(-c2cnc(N)cn2)c(F)c1)C(O)c1ccccc1. The van der Waals surface area contributed by atoms with Crippen LogP contribution in [0.3, 0.4) is 0 Å². The Kier molecular flexibility index (Phi) is 6.69. The van der Waals surface area contributed by atoms with Crippen LogP contribution in [-0.2, 0) is 10.0 Å². The van der Waals surface area contributed by atoms with Crippen LogP contribution in [0, 0.1) is 5.82 Å². The number of nitrogen functional groups attached to an aromatic ring is 1. The summed E-state index contributed by atoms with van der Waals surface area (Å²) in [4.78, 5) is 7.99. The molecular weight excluding hydrogens is 455 g/mol. The molecule has 3 aromatic carbocycles. The Morgan fingerprint density at radius 2 is 1.65 bits per heavy atom. The highest BCUT2D eigenvalue weighted by molar-refractivity contribution is 7.89. The van der Waals surface area contributed by atoms with E-state index in [9.17, 15) is 17.9 Å². The molecule has 1 heterocycles. The summed E-state index contributed by atoms with van der Waals surface area (Å²) in [6.45, 7) is 1.58. The van der Waals surface area contributed by atoms with Gasteiger partial charge in [-0.15, -0.1) is 0 Å². The molecule has 0 spiro atoms. The fourth-order valence-electron chi connectivity index (χ4n) is 3.62. The molecule has 2 unspecified atom stereocenters. The Morgan fingerprint density at radius 3 is 2.32 bits per heavy atom. The molecule has 34 heavy (non-hydrogen) atoms. The van der Waals surface area contributed by atoms with Crippen LogP contribution in [0.15, 0.2) is 90.1 Å². The van der Waals surface area contributed by atoms with Gasteiger partial charge in [0.15, 0.2) is 0 Å². The number of rotatable bonds is 7. The first-order chi connectivity index (χ1) is 16.3. The van der Waals surface area contributed by atoms with Crippen LogP contribution in [0.1, 0.15) is 18.6 Å². The van der Waals surface area contributed by atoms with Crippen molar-refractivity contribution in [3.05, 3.63) is 96.6 Å². The van der Waals surface area contributed by atoms with Crippen LogP contribution in [0.4, 0.5) is 10.2 Å². The van der Waals surface area contributed by atoms with Crippen molar-refractivity contribution in [3.63, 3.8) is 0 Å². The van der Waals surface area contributed by atoms with E-state index < -0.39 is 28.0 Å². The third kappa shape index (κ3) is 4.96. The molecule has 0 fully saturated rings. The minimum Gasteiger partial charge on any atom is -0.387 e. The van der Waals surface area contributed by atoms with E-state index in [1.54, 1.807) is 55.5 Å². The molecule has 0 radical (unpaired) electrons. The topological polar surface area (TPSA) is 118 Å². The second kappa shape index (κ2) is 9.68. The number of nitrogens with zero attached hydrogens (tertiary/aromatic N) is 2. The summed E-state index contributed by atoms with van der Waals surface area (Å²) in [6.07, 6.45) is 1.66. The van der Waals surface area contributed by atoms with Crippen molar-refractivity contribution in [3.8, 4) is 22.4 Å². The zero-order valence-corrected chi connectivity index (χ0v) is 19.1. The van der Waals surface area contributed by atoms with Gasteiger partial charge in [0.2, 0.25) is 10.0 Å². The Bertz CT molecular complexity index is 1400. The monoisotopic (exact) mass is 478 g/mol. The van der Waals surface area contributed by atoms with Crippen molar-refractivity contribution in [2.24, 2.45) is 0 Å². The maximum absolute atomic E-state index is 15.0. The van der Waals surface area contributed by atoms with Crippen LogP contribution in [0.5, 0.6) is 0 Å². The molecule has 4 aromatic rings. The van der Waals surface area contributed by atoms with Crippen molar-refractivity contribution in [2.75, 3.05) is 5.73 Å². The minimum atomic E-state index is -4.04. The number of nitrogens with two attached hydrogens (primary N) is 1. The van der Waals surface area contributed by atoms with Gasteiger partial charge in [0.25, 0.3) is 0 Å². The molecular formula is C25H23FN4O3S. The molecule has 0 amide bonds. The fraction of sp³-hybridized carbons (Fsp3) is 0.120. The number of hydrogen-bond donors (Lipinski definition) is 3. The third-order valence-corrected chi connectivity index (χ3v) is 6.98. The second-order valence-electron chi connectivity index (χ2n) is 7.78. The molecule has 0 saturated carbocycles. The summed E-state index contributed by atoms with van der Waals surface area (Å²) in [7, 11) is -4.04. The Morgan fingerprint density at radius 1 is 0.941 bits per heavy atom. The standard InChI is InChI=1S/C25H23FN4O3S/c1-16(25(31)17-7-3-2-4-8-17)30-34(32,33)23-10-6-5-9-19(23)18-11-12-20(21(26)13-18)22-14-29-24(27)15-28-22/h2-16,25,30-31H,1H3,(H2,27,29). The number of aliphatic hydroxyl groups is 1. The van der Waals surface area contributed by atoms with Gasteiger partial charge in [-0.1, -0.05) is 54.6 Å². The number of nitrogens with one attached hydrogen (secondary N) is 1. The highest BCUT2D eigenvalue weighted by atomic mass is 32.2. The van der Waals surface area contributed by atoms with Crippen LogP contribution in [0.25, 0.3) is 22.4 Å². The van der Waals surface area contributed by atoms with Gasteiger partial charge in [-0.3, -0.25) is 4.98 Å². The van der Waals surface area contributed by atoms with Crippen LogP contribution >= 0.6 is 0 Å². The van der Waals surface area contributed by atoms with E-state index in [2.05, 4.69) is 14.7 Å². The first-order valence-corrected chi connectivity index (χ1v) is 12.0. The Labute approximate surface area is 197 Å². The van der Waals surface area contributed by atoms with Gasteiger partial charge in [-0.2, -0.15) is 0 Å². The molecule has 174 valence electrons. The molecule has 7 nitrogen and oxygen atoms in total. The zero-order valence-electron chi connectivity index (χ0n) is 18.3. The number of aromatic nitrogens is 2. The van der Waals surface area contributed by atoms with Gasteiger partial charge in [0, 0.05) is 17.2 Å². The minimum absolute atomic E-state index is 0.0264. The van der Waals surface area contributed by atoms with Gasteiger partial charge >= 0.3 is 0 Å². The lowest BCUT2D eigenvalue weighted by atomic mass is 10.0. The predicted molar refractivity (Wildman–Crippen MR) is 128 cm³/mol. The molecule has 0 aliphatic carbocycles. The van der Waals surface area contributed by atoms with Gasteiger partial charge in [0.1, 0.15) is 11.6 Å². The van der Waals surface area contributed by atoms with E-state index in [0.717, 1.165) is 0 Å². The highest BCUT2D eigenvalue weighted by Gasteiger charge is 2.26. The average molecular weight is 479 g/mol. The van der Waals surface area contributed by atoms with Crippen molar-refractivity contribution >= 4 is 15.8 Å². The van der Waals surface area contributed by atoms with E-state index in [-0.39, 0.29) is 16.3 Å². The van der Waals surface area contributed by atoms with Crippen molar-refractivity contribution in [2.45, 2.75) is 24.0 Å². The van der Waals surface area contributed by atoms with Gasteiger partial charge in [0.05, 0.1) is 29.1 Å². The average Bonchev–Trinajstić information content (AvgIpc) is 2.84. The maximum atomic E-state index is 15.0. The summed E-state index contributed by atoms with van der Waals surface area (Å²) in [5.74, 6) is -0.358. The number of hydrogen-bond acceptors (Lipinski definition) is 6. The molecule has 2 atom stereocenters. The quantitative estimate of drug-likeness (QED) is 0.370. The van der Waals surface area contributed by atoms with Crippen LogP contribution in [0.2, 0.25) is 0 Å². The van der Waals surface area contributed by atoms with Crippen molar-refractivity contribution in [1.29, 1.82) is 0 Å². The second-order valence-corrected chi connectivity index (χ2v) is 9.47. The molecule has 0 saturated heterocycles. The molecule has 0 bridgehead atoms. The molecule has 4 N–H and O–H groups in total. The molecule has 4 rings (SSSR count). The lowest BCUT2D eigenvalue weighted by molar-refractivity contribution is 0.146. The predicted octanol–water partition coefficient (Wildman–Crippen LogP) is 3.93. The lowest BCUT2D eigenvalue weighted by Gasteiger charge is -2.21. The summed E-state index contributed by atoms with van der Waals surface area (Å²) in [6, 6.07) is 18.7. The first-order valence-electron chi connectivity index (χ1n) is 10.5. The summed E-state index contributed by atoms with van der Waals surface area (Å²) >= 11 is 0. The summed E-state index contributed by atoms with van der Waals surface area (Å²) in [5, 5.41) is 10.6. The van der Waals surface area contributed by atoms with Crippen molar-refractivity contribution < 1.29 is 17.9 Å². The largest absolute Gasteiger partial charge is 0.387 e. The highest BCUT2D eigenvalue weighted by Crippen LogP contribution is 2.31. The van der Waals surface area contributed by atoms with Gasteiger partial charge < -0.3 is 10.8 Å². The van der Waals surface area contributed by atoms with E-state index in [1.807, 2.05) is 6.07 Å². The van der Waals surface area contributed by atoms with Crippen LogP contribution < -0.4 is 10.5 Å². The fourth-order valence-corrected chi connectivity index (χ4v) is 5.10. The first kappa shape index (κ1) is 23.5. The van der Waals surface area contributed by atoms with E-state index in [1.165, 1.54) is 30.6 Å². The Balaban J connectivity index is 1.65. The number of anilines is 1. The summed E-state index contributed by atoms with van der Waals surface area (Å²) in [5.41, 5.74) is 7.36. The molecule has 1 aromatic heterocycles. The zero-order chi connectivity index (χ0) is 24.3. The van der Waals surface area contributed by atoms with E-state index >= 15 is 0 Å². The number of halogens is 1. The number of sulfonamides is 1. The normalized spacial score (nSPS) is 13.4. The maximum Gasteiger partial charge on any atom is 0.241 e. The number of aliphatic hydroxyl groups excluding tert-OH is 1. The Hall–Kier alpha value is -3.66. The summed E-state index contributed by atoms with van der Waals surface area (Å²) < 4.78 is 44.0. The molecule has 0 aliphatic heterocycles. The molecule has 9 heteroatoms. The van der Waals surface area contributed by atoms with Crippen LogP contribution in [-0.4, -0.2) is 29.5 Å².